The van der Waals surface area contributed by atoms with Crippen LogP contribution in [-0.4, -0.2) is 29.5 Å². The molecule has 2 aromatic carbocycles. The van der Waals surface area contributed by atoms with Gasteiger partial charge in [-0.05, 0) is 30.2 Å². The molecule has 5 nitrogen and oxygen atoms in total. The van der Waals surface area contributed by atoms with E-state index >= 15 is 0 Å². The van der Waals surface area contributed by atoms with Crippen LogP contribution in [0.1, 0.15) is 16.8 Å². The quantitative estimate of drug-likeness (QED) is 0.786. The number of anilines is 1. The van der Waals surface area contributed by atoms with Gasteiger partial charge in [-0.25, -0.2) is 9.07 Å². The zero-order valence-electron chi connectivity index (χ0n) is 14.2. The summed E-state index contributed by atoms with van der Waals surface area (Å²) < 4.78 is 27.2. The zero-order chi connectivity index (χ0) is 17.5. The van der Waals surface area contributed by atoms with E-state index in [2.05, 4.69) is 5.32 Å². The molecule has 3 aromatic rings. The Bertz CT molecular complexity index is 983. The van der Waals surface area contributed by atoms with Gasteiger partial charge in [0.05, 0.1) is 11.4 Å². The van der Waals surface area contributed by atoms with Crippen molar-refractivity contribution < 1.29 is 13.9 Å². The molecular weight excluding hydrogens is 333 g/mol. The van der Waals surface area contributed by atoms with Crippen LogP contribution in [0.2, 0.25) is 0 Å². The third-order valence-electron chi connectivity index (χ3n) is 4.82. The first-order valence-corrected chi connectivity index (χ1v) is 8.77. The normalized spacial score (nSPS) is 14.8. The van der Waals surface area contributed by atoms with E-state index in [0.29, 0.717) is 25.2 Å². The average Bonchev–Trinajstić information content (AvgIpc) is 3.27. The molecule has 0 fully saturated rings. The topological polar surface area (TPSA) is 48.3 Å². The van der Waals surface area contributed by atoms with Crippen molar-refractivity contribution in [3.8, 4) is 17.2 Å². The van der Waals surface area contributed by atoms with Gasteiger partial charge >= 0.3 is 0 Å². The number of hydrogen-bond acceptors (Lipinski definition) is 4. The van der Waals surface area contributed by atoms with Crippen LogP contribution in [0.4, 0.5) is 10.2 Å². The van der Waals surface area contributed by atoms with Crippen molar-refractivity contribution in [2.75, 3.05) is 25.1 Å². The molecule has 0 unspecified atom stereocenters. The summed E-state index contributed by atoms with van der Waals surface area (Å²) in [4.78, 5) is 0. The molecule has 0 spiro atoms. The lowest BCUT2D eigenvalue weighted by molar-refractivity contribution is 0.171. The van der Waals surface area contributed by atoms with Crippen LogP contribution in [0.5, 0.6) is 11.5 Å². The van der Waals surface area contributed by atoms with E-state index in [0.717, 1.165) is 47.2 Å². The minimum absolute atomic E-state index is 0.193. The molecule has 26 heavy (non-hydrogen) atoms. The summed E-state index contributed by atoms with van der Waals surface area (Å²) in [6.45, 7) is 1.98. The molecule has 1 aromatic heterocycles. The second-order valence-corrected chi connectivity index (χ2v) is 6.46. The van der Waals surface area contributed by atoms with Gasteiger partial charge in [0.1, 0.15) is 24.8 Å². The average molecular weight is 351 g/mol. The summed E-state index contributed by atoms with van der Waals surface area (Å²) in [6.07, 6.45) is 1.37. The molecule has 1 N–H and O–H groups in total. The summed E-state index contributed by atoms with van der Waals surface area (Å²) in [7, 11) is 0. The number of aromatic nitrogens is 2. The lowest BCUT2D eigenvalue weighted by Gasteiger charge is -2.19. The molecule has 0 atom stereocenters. The van der Waals surface area contributed by atoms with Crippen molar-refractivity contribution in [3.63, 3.8) is 0 Å². The largest absolute Gasteiger partial charge is 0.486 e. The smallest absolute Gasteiger partial charge is 0.163 e. The number of nitrogens with one attached hydrogen (secondary N) is 1. The third-order valence-corrected chi connectivity index (χ3v) is 4.82. The van der Waals surface area contributed by atoms with Crippen molar-refractivity contribution in [2.24, 2.45) is 0 Å². The van der Waals surface area contributed by atoms with Crippen molar-refractivity contribution in [1.82, 2.24) is 9.78 Å². The molecule has 0 radical (unpaired) electrons. The first-order chi connectivity index (χ1) is 12.8. The van der Waals surface area contributed by atoms with Gasteiger partial charge in [0, 0.05) is 24.6 Å². The van der Waals surface area contributed by atoms with Gasteiger partial charge in [0.15, 0.2) is 11.5 Å². The number of nitrogens with zero attached hydrogens (tertiary/aromatic N) is 2. The molecule has 3 heterocycles. The molecule has 0 saturated carbocycles. The Morgan fingerprint density at radius 3 is 2.81 bits per heavy atom. The highest BCUT2D eigenvalue weighted by atomic mass is 19.1. The number of hydrogen-bond donors (Lipinski definition) is 1. The molecule has 0 aliphatic carbocycles. The predicted octanol–water partition coefficient (Wildman–Crippen LogP) is 3.34. The fourth-order valence-electron chi connectivity index (χ4n) is 3.56. The molecule has 0 amide bonds. The summed E-state index contributed by atoms with van der Waals surface area (Å²) in [5.41, 5.74) is 3.63. The molecule has 2 aliphatic rings. The zero-order valence-corrected chi connectivity index (χ0v) is 14.2. The SMILES string of the molecule is Fc1ccccc1Cc1nn(-c2ccc3c(c2)OCCO3)c2c1CCN2. The van der Waals surface area contributed by atoms with E-state index in [1.807, 2.05) is 35.0 Å². The minimum Gasteiger partial charge on any atom is -0.486 e. The van der Waals surface area contributed by atoms with Crippen molar-refractivity contribution >= 4 is 5.82 Å². The number of ether oxygens (including phenoxy) is 2. The highest BCUT2D eigenvalue weighted by Crippen LogP contribution is 2.35. The van der Waals surface area contributed by atoms with Gasteiger partial charge in [0.2, 0.25) is 0 Å². The summed E-state index contributed by atoms with van der Waals surface area (Å²) >= 11 is 0. The van der Waals surface area contributed by atoms with Gasteiger partial charge in [-0.2, -0.15) is 5.10 Å². The van der Waals surface area contributed by atoms with Crippen molar-refractivity contribution in [1.29, 1.82) is 0 Å². The Labute approximate surface area is 150 Å². The first-order valence-electron chi connectivity index (χ1n) is 8.77. The predicted molar refractivity (Wildman–Crippen MR) is 96.0 cm³/mol. The molecule has 132 valence electrons. The molecule has 0 bridgehead atoms. The van der Waals surface area contributed by atoms with E-state index in [9.17, 15) is 4.39 Å². The Hall–Kier alpha value is -3.02. The van der Waals surface area contributed by atoms with Crippen LogP contribution < -0.4 is 14.8 Å². The maximum atomic E-state index is 14.1. The second-order valence-electron chi connectivity index (χ2n) is 6.46. The third kappa shape index (κ3) is 2.49. The van der Waals surface area contributed by atoms with Gasteiger partial charge < -0.3 is 14.8 Å². The van der Waals surface area contributed by atoms with E-state index in [4.69, 9.17) is 14.6 Å². The van der Waals surface area contributed by atoms with Gasteiger partial charge in [-0.1, -0.05) is 18.2 Å². The number of fused-ring (bicyclic) bond motifs is 2. The summed E-state index contributed by atoms with van der Waals surface area (Å²) in [6, 6.07) is 12.7. The summed E-state index contributed by atoms with van der Waals surface area (Å²) in [5, 5.41) is 8.18. The van der Waals surface area contributed by atoms with Crippen LogP contribution >= 0.6 is 0 Å². The Morgan fingerprint density at radius 1 is 1.08 bits per heavy atom. The fourth-order valence-corrected chi connectivity index (χ4v) is 3.56. The van der Waals surface area contributed by atoms with Crippen molar-refractivity contribution in [3.05, 3.63) is 65.1 Å². The molecule has 0 saturated heterocycles. The van der Waals surface area contributed by atoms with Gasteiger partial charge in [0.25, 0.3) is 0 Å². The number of rotatable bonds is 3. The van der Waals surface area contributed by atoms with E-state index in [1.165, 1.54) is 6.07 Å². The molecule has 5 rings (SSSR count). The van der Waals surface area contributed by atoms with Gasteiger partial charge in [-0.15, -0.1) is 0 Å². The summed E-state index contributed by atoms with van der Waals surface area (Å²) in [5.74, 6) is 2.27. The van der Waals surface area contributed by atoms with Crippen molar-refractivity contribution in [2.45, 2.75) is 12.8 Å². The van der Waals surface area contributed by atoms with Crippen LogP contribution in [0.15, 0.2) is 42.5 Å². The van der Waals surface area contributed by atoms with Crippen LogP contribution in [0.3, 0.4) is 0 Å². The molecule has 2 aliphatic heterocycles. The lowest BCUT2D eigenvalue weighted by atomic mass is 10.1. The van der Waals surface area contributed by atoms with Crippen LogP contribution in [0, 0.1) is 5.82 Å². The Balaban J connectivity index is 1.55. The van der Waals surface area contributed by atoms with Crippen LogP contribution in [0.25, 0.3) is 5.69 Å². The van der Waals surface area contributed by atoms with E-state index in [1.54, 1.807) is 6.07 Å². The first kappa shape index (κ1) is 15.3. The number of benzene rings is 2. The van der Waals surface area contributed by atoms with Gasteiger partial charge in [-0.3, -0.25) is 0 Å². The monoisotopic (exact) mass is 351 g/mol. The maximum Gasteiger partial charge on any atom is 0.163 e. The lowest BCUT2D eigenvalue weighted by Crippen LogP contribution is -2.15. The fraction of sp³-hybridized carbons (Fsp3) is 0.250. The minimum atomic E-state index is -0.193. The Morgan fingerprint density at radius 2 is 1.92 bits per heavy atom. The molecule has 6 heteroatoms. The van der Waals surface area contributed by atoms with E-state index < -0.39 is 0 Å². The molecular formula is C20H18FN3O2. The highest BCUT2D eigenvalue weighted by molar-refractivity contribution is 5.59. The maximum absolute atomic E-state index is 14.1. The van der Waals surface area contributed by atoms with Crippen LogP contribution in [-0.2, 0) is 12.8 Å². The second kappa shape index (κ2) is 6.05. The standard InChI is InChI=1S/C20H18FN3O2/c21-16-4-2-1-3-13(16)11-17-15-7-8-22-20(15)24(23-17)14-5-6-18-19(12-14)26-10-9-25-18/h1-6,12,22H,7-11H2. The number of halogens is 1. The Kier molecular flexibility index (Phi) is 3.55. The van der Waals surface area contributed by atoms with E-state index in [-0.39, 0.29) is 5.82 Å². The highest BCUT2D eigenvalue weighted by Gasteiger charge is 2.24.